The lowest BCUT2D eigenvalue weighted by molar-refractivity contribution is -0.119. The number of fused-ring (bicyclic) bond motifs is 1. The predicted octanol–water partition coefficient (Wildman–Crippen LogP) is 3.93. The topological polar surface area (TPSA) is 53.5 Å². The smallest absolute Gasteiger partial charge is 0.259 e. The van der Waals surface area contributed by atoms with Crippen molar-refractivity contribution in [1.29, 1.82) is 0 Å². The summed E-state index contributed by atoms with van der Waals surface area (Å²) < 4.78 is 0. The number of hydrogen-bond acceptors (Lipinski definition) is 3. The Morgan fingerprint density at radius 3 is 2.87 bits per heavy atom. The number of hydrogen-bond donors (Lipinski definition) is 2. The van der Waals surface area contributed by atoms with Crippen molar-refractivity contribution < 1.29 is 4.79 Å². The zero-order chi connectivity index (χ0) is 16.1. The van der Waals surface area contributed by atoms with E-state index in [0.29, 0.717) is 5.92 Å². The van der Waals surface area contributed by atoms with Crippen molar-refractivity contribution >= 4 is 28.1 Å². The molecule has 0 bridgehead atoms. The minimum atomic E-state index is -0.108. The highest BCUT2D eigenvalue weighted by atomic mass is 16.2. The molecule has 1 atom stereocenters. The summed E-state index contributed by atoms with van der Waals surface area (Å²) in [5, 5.41) is 9.80. The SMILES string of the molecule is CC1CCCC/C1=N/NC(=O)CNc1cccc2ccccc12. The molecule has 120 valence electrons. The van der Waals surface area contributed by atoms with Crippen molar-refractivity contribution in [1.82, 2.24) is 5.43 Å². The van der Waals surface area contributed by atoms with Gasteiger partial charge >= 0.3 is 0 Å². The number of carbonyl (C=O) groups is 1. The van der Waals surface area contributed by atoms with Crippen molar-refractivity contribution in [3.05, 3.63) is 42.5 Å². The lowest BCUT2D eigenvalue weighted by atomic mass is 9.89. The van der Waals surface area contributed by atoms with Crippen molar-refractivity contribution in [2.75, 3.05) is 11.9 Å². The standard InChI is InChI=1S/C19H23N3O/c1-14-7-2-5-11-17(14)21-22-19(23)13-20-18-12-6-9-15-8-3-4-10-16(15)18/h3-4,6,8-10,12,14,20H,2,5,7,11,13H2,1H3,(H,22,23)/b21-17-. The lowest BCUT2D eigenvalue weighted by Crippen LogP contribution is -2.29. The molecule has 1 fully saturated rings. The first-order valence-corrected chi connectivity index (χ1v) is 8.31. The van der Waals surface area contributed by atoms with Gasteiger partial charge in [-0.25, -0.2) is 5.43 Å². The van der Waals surface area contributed by atoms with Crippen LogP contribution in [0.5, 0.6) is 0 Å². The van der Waals surface area contributed by atoms with Gasteiger partial charge in [-0.05, 0) is 36.6 Å². The second-order valence-corrected chi connectivity index (χ2v) is 6.17. The third-order valence-electron chi connectivity index (χ3n) is 4.44. The molecule has 23 heavy (non-hydrogen) atoms. The van der Waals surface area contributed by atoms with Gasteiger partial charge in [-0.3, -0.25) is 4.79 Å². The molecular weight excluding hydrogens is 286 g/mol. The Balaban J connectivity index is 1.59. The number of anilines is 1. The van der Waals surface area contributed by atoms with Crippen LogP contribution < -0.4 is 10.7 Å². The molecule has 2 N–H and O–H groups in total. The molecule has 0 spiro atoms. The first kappa shape index (κ1) is 15.5. The van der Waals surface area contributed by atoms with Crippen LogP contribution in [-0.2, 0) is 4.79 Å². The lowest BCUT2D eigenvalue weighted by Gasteiger charge is -2.19. The molecule has 1 aliphatic carbocycles. The average molecular weight is 309 g/mol. The molecule has 1 aliphatic rings. The van der Waals surface area contributed by atoms with E-state index in [9.17, 15) is 4.79 Å². The Hall–Kier alpha value is -2.36. The number of hydrazone groups is 1. The van der Waals surface area contributed by atoms with E-state index in [4.69, 9.17) is 0 Å². The highest BCUT2D eigenvalue weighted by molar-refractivity contribution is 5.95. The summed E-state index contributed by atoms with van der Waals surface area (Å²) in [5.74, 6) is 0.373. The molecule has 2 aromatic carbocycles. The molecule has 1 amide bonds. The van der Waals surface area contributed by atoms with Gasteiger partial charge in [0.05, 0.1) is 6.54 Å². The Kier molecular flexibility index (Phi) is 4.91. The molecule has 4 nitrogen and oxygen atoms in total. The predicted molar refractivity (Wildman–Crippen MR) is 95.6 cm³/mol. The molecule has 3 rings (SSSR count). The molecule has 4 heteroatoms. The summed E-state index contributed by atoms with van der Waals surface area (Å²) in [6, 6.07) is 14.2. The Morgan fingerprint density at radius 2 is 2.00 bits per heavy atom. The monoisotopic (exact) mass is 309 g/mol. The molecule has 0 aromatic heterocycles. The van der Waals surface area contributed by atoms with Crippen LogP contribution in [0, 0.1) is 5.92 Å². The van der Waals surface area contributed by atoms with Crippen molar-refractivity contribution in [2.45, 2.75) is 32.6 Å². The van der Waals surface area contributed by atoms with Crippen LogP contribution in [-0.4, -0.2) is 18.2 Å². The van der Waals surface area contributed by atoms with Crippen molar-refractivity contribution in [3.8, 4) is 0 Å². The zero-order valence-electron chi connectivity index (χ0n) is 13.5. The normalized spacial score (nSPS) is 19.7. The Labute approximate surface area is 137 Å². The van der Waals surface area contributed by atoms with Crippen molar-refractivity contribution in [3.63, 3.8) is 0 Å². The fraction of sp³-hybridized carbons (Fsp3) is 0.368. The summed E-state index contributed by atoms with van der Waals surface area (Å²) in [4.78, 5) is 12.0. The first-order valence-electron chi connectivity index (χ1n) is 8.31. The molecule has 0 heterocycles. The quantitative estimate of drug-likeness (QED) is 0.841. The minimum absolute atomic E-state index is 0.108. The molecule has 2 aromatic rings. The maximum atomic E-state index is 12.0. The molecule has 1 saturated carbocycles. The van der Waals surface area contributed by atoms with Crippen LogP contribution in [0.1, 0.15) is 32.6 Å². The summed E-state index contributed by atoms with van der Waals surface area (Å²) in [6.45, 7) is 2.40. The van der Waals surface area contributed by atoms with Crippen molar-refractivity contribution in [2.24, 2.45) is 11.0 Å². The zero-order valence-corrected chi connectivity index (χ0v) is 13.5. The fourth-order valence-electron chi connectivity index (χ4n) is 3.06. The third-order valence-corrected chi connectivity index (χ3v) is 4.44. The first-order chi connectivity index (χ1) is 11.2. The second-order valence-electron chi connectivity index (χ2n) is 6.17. The van der Waals surface area contributed by atoms with Gasteiger partial charge in [-0.1, -0.05) is 49.7 Å². The fourth-order valence-corrected chi connectivity index (χ4v) is 3.06. The van der Waals surface area contributed by atoms with Gasteiger partial charge in [0.2, 0.25) is 0 Å². The molecule has 0 aliphatic heterocycles. The van der Waals surface area contributed by atoms with Crippen LogP contribution in [0.4, 0.5) is 5.69 Å². The van der Waals surface area contributed by atoms with E-state index in [1.165, 1.54) is 19.3 Å². The number of rotatable bonds is 4. The van der Waals surface area contributed by atoms with Crippen LogP contribution >= 0.6 is 0 Å². The Bertz CT molecular complexity index is 718. The second kappa shape index (κ2) is 7.27. The maximum Gasteiger partial charge on any atom is 0.259 e. The van der Waals surface area contributed by atoms with Gasteiger partial charge in [-0.15, -0.1) is 0 Å². The summed E-state index contributed by atoms with van der Waals surface area (Å²) in [7, 11) is 0. The van der Waals surface area contributed by atoms with E-state index < -0.39 is 0 Å². The summed E-state index contributed by atoms with van der Waals surface area (Å²) in [5.41, 5.74) is 4.78. The van der Waals surface area contributed by atoms with E-state index >= 15 is 0 Å². The molecular formula is C19H23N3O. The third kappa shape index (κ3) is 3.89. The minimum Gasteiger partial charge on any atom is -0.376 e. The summed E-state index contributed by atoms with van der Waals surface area (Å²) in [6.07, 6.45) is 4.60. The van der Waals surface area contributed by atoms with Crippen LogP contribution in [0.25, 0.3) is 10.8 Å². The largest absolute Gasteiger partial charge is 0.376 e. The average Bonchev–Trinajstić information content (AvgIpc) is 2.59. The van der Waals surface area contributed by atoms with E-state index in [0.717, 1.165) is 28.6 Å². The Morgan fingerprint density at radius 1 is 1.17 bits per heavy atom. The van der Waals surface area contributed by atoms with Gasteiger partial charge in [0, 0.05) is 16.8 Å². The number of nitrogens with one attached hydrogen (secondary N) is 2. The van der Waals surface area contributed by atoms with E-state index in [1.807, 2.05) is 24.3 Å². The number of nitrogens with zero attached hydrogens (tertiary/aromatic N) is 1. The van der Waals surface area contributed by atoms with Gasteiger partial charge in [-0.2, -0.15) is 5.10 Å². The molecule has 1 unspecified atom stereocenters. The van der Waals surface area contributed by atoms with Crippen LogP contribution in [0.15, 0.2) is 47.6 Å². The van der Waals surface area contributed by atoms with Crippen LogP contribution in [0.2, 0.25) is 0 Å². The highest BCUT2D eigenvalue weighted by Crippen LogP contribution is 2.23. The van der Waals surface area contributed by atoms with E-state index in [1.54, 1.807) is 0 Å². The molecule has 0 saturated heterocycles. The van der Waals surface area contributed by atoms with Gasteiger partial charge in [0.1, 0.15) is 0 Å². The number of carbonyl (C=O) groups excluding carboxylic acids is 1. The highest BCUT2D eigenvalue weighted by Gasteiger charge is 2.16. The van der Waals surface area contributed by atoms with E-state index in [-0.39, 0.29) is 12.5 Å². The van der Waals surface area contributed by atoms with Gasteiger partial charge in [0.25, 0.3) is 5.91 Å². The van der Waals surface area contributed by atoms with E-state index in [2.05, 4.69) is 41.0 Å². The van der Waals surface area contributed by atoms with Crippen LogP contribution in [0.3, 0.4) is 0 Å². The maximum absolute atomic E-state index is 12.0. The molecule has 0 radical (unpaired) electrons. The summed E-state index contributed by atoms with van der Waals surface area (Å²) >= 11 is 0. The van der Waals surface area contributed by atoms with Gasteiger partial charge in [0.15, 0.2) is 0 Å². The number of amides is 1. The number of benzene rings is 2. The van der Waals surface area contributed by atoms with Gasteiger partial charge < -0.3 is 5.32 Å².